The summed E-state index contributed by atoms with van der Waals surface area (Å²) in [6.07, 6.45) is 0.201. The number of rotatable bonds is 7. The Labute approximate surface area is 178 Å². The Morgan fingerprint density at radius 1 is 1.10 bits per heavy atom. The van der Waals surface area contributed by atoms with E-state index in [2.05, 4.69) is 26.4 Å². The molecule has 0 aliphatic carbocycles. The monoisotopic (exact) mass is 426 g/mol. The van der Waals surface area contributed by atoms with Crippen LogP contribution in [-0.4, -0.2) is 38.6 Å². The fourth-order valence-electron chi connectivity index (χ4n) is 2.92. The number of hydrogen-bond acceptors (Lipinski definition) is 6. The minimum Gasteiger partial charge on any atom is -0.483 e. The lowest BCUT2D eigenvalue weighted by Gasteiger charge is -2.18. The van der Waals surface area contributed by atoms with E-state index in [1.165, 1.54) is 16.8 Å². The van der Waals surface area contributed by atoms with Crippen LogP contribution in [0.25, 0.3) is 0 Å². The van der Waals surface area contributed by atoms with Gasteiger partial charge in [-0.25, -0.2) is 9.07 Å². The van der Waals surface area contributed by atoms with Crippen LogP contribution in [0.4, 0.5) is 4.39 Å². The van der Waals surface area contributed by atoms with Crippen molar-refractivity contribution < 1.29 is 18.7 Å². The van der Waals surface area contributed by atoms with Gasteiger partial charge in [-0.15, -0.1) is 5.10 Å². The summed E-state index contributed by atoms with van der Waals surface area (Å²) < 4.78 is 20.1. The van der Waals surface area contributed by atoms with Gasteiger partial charge in [0.05, 0.1) is 0 Å². The lowest BCUT2D eigenvalue weighted by atomic mass is 10.1. The molecule has 162 valence electrons. The summed E-state index contributed by atoms with van der Waals surface area (Å²) in [4.78, 5) is 24.9. The van der Waals surface area contributed by atoms with Crippen LogP contribution in [0.3, 0.4) is 0 Å². The van der Waals surface area contributed by atoms with E-state index in [0.717, 1.165) is 11.1 Å². The Morgan fingerprint density at radius 2 is 1.84 bits per heavy atom. The van der Waals surface area contributed by atoms with Crippen molar-refractivity contribution in [1.82, 2.24) is 31.1 Å². The molecule has 3 aromatic rings. The molecule has 31 heavy (non-hydrogen) atoms. The number of nitrogens with zero attached hydrogens (tertiary/aromatic N) is 4. The third kappa shape index (κ3) is 5.84. The molecule has 3 rings (SSSR count). The Morgan fingerprint density at radius 3 is 2.52 bits per heavy atom. The molecule has 0 bridgehead atoms. The summed E-state index contributed by atoms with van der Waals surface area (Å²) in [5, 5.41) is 11.2. The molecular weight excluding hydrogens is 403 g/mol. The molecule has 0 saturated carbocycles. The largest absolute Gasteiger partial charge is 0.483 e. The van der Waals surface area contributed by atoms with Crippen LogP contribution in [0.5, 0.6) is 5.75 Å². The molecule has 1 atom stereocenters. The number of nitrogens with one attached hydrogen (secondary N) is 2. The summed E-state index contributed by atoms with van der Waals surface area (Å²) in [5.74, 6) is -0.408. The third-order valence-corrected chi connectivity index (χ3v) is 4.63. The molecule has 2 aromatic carbocycles. The zero-order valence-corrected chi connectivity index (χ0v) is 17.4. The van der Waals surface area contributed by atoms with Gasteiger partial charge >= 0.3 is 0 Å². The Hall–Kier alpha value is -3.82. The van der Waals surface area contributed by atoms with E-state index in [4.69, 9.17) is 4.74 Å². The maximum Gasteiger partial charge on any atom is 0.276 e. The molecular formula is C21H23FN6O3. The molecule has 2 N–H and O–H groups in total. The second-order valence-corrected chi connectivity index (χ2v) is 7.11. The molecule has 1 aromatic heterocycles. The average Bonchev–Trinajstić information content (AvgIpc) is 3.17. The van der Waals surface area contributed by atoms with E-state index in [0.29, 0.717) is 17.1 Å². The molecule has 1 unspecified atom stereocenters. The summed E-state index contributed by atoms with van der Waals surface area (Å²) >= 11 is 0. The highest BCUT2D eigenvalue weighted by Crippen LogP contribution is 2.19. The van der Waals surface area contributed by atoms with Gasteiger partial charge in [-0.2, -0.15) is 0 Å². The smallest absolute Gasteiger partial charge is 0.276 e. The summed E-state index contributed by atoms with van der Waals surface area (Å²) in [5.41, 5.74) is 7.34. The number of aryl methyl sites for hydroxylation is 3. The SMILES string of the molecule is Cc1ccc(C)c(OCC(=O)NNC(=O)C(Cc2ccc(F)cc2)n2nnnc2C)c1. The van der Waals surface area contributed by atoms with Gasteiger partial charge in [0.2, 0.25) is 0 Å². The molecule has 0 fully saturated rings. The Balaban J connectivity index is 1.62. The van der Waals surface area contributed by atoms with E-state index in [1.807, 2.05) is 32.0 Å². The number of tetrazole rings is 1. The molecule has 0 aliphatic heterocycles. The minimum atomic E-state index is -0.847. The van der Waals surface area contributed by atoms with Gasteiger partial charge in [0.25, 0.3) is 11.8 Å². The normalized spacial score (nSPS) is 11.6. The second-order valence-electron chi connectivity index (χ2n) is 7.11. The molecule has 9 nitrogen and oxygen atoms in total. The number of carbonyl (C=O) groups is 2. The third-order valence-electron chi connectivity index (χ3n) is 4.63. The zero-order valence-electron chi connectivity index (χ0n) is 17.4. The summed E-state index contributed by atoms with van der Waals surface area (Å²) in [7, 11) is 0. The van der Waals surface area contributed by atoms with Crippen molar-refractivity contribution in [2.45, 2.75) is 33.2 Å². The number of carbonyl (C=O) groups excluding carboxylic acids is 2. The van der Waals surface area contributed by atoms with Crippen molar-refractivity contribution in [3.63, 3.8) is 0 Å². The van der Waals surface area contributed by atoms with Gasteiger partial charge in [-0.05, 0) is 66.1 Å². The van der Waals surface area contributed by atoms with Crippen molar-refractivity contribution >= 4 is 11.8 Å². The van der Waals surface area contributed by atoms with Crippen LogP contribution < -0.4 is 15.6 Å². The number of aromatic nitrogens is 4. The highest BCUT2D eigenvalue weighted by atomic mass is 19.1. The molecule has 0 aliphatic rings. The lowest BCUT2D eigenvalue weighted by molar-refractivity contribution is -0.131. The first-order chi connectivity index (χ1) is 14.8. The molecule has 2 amide bonds. The van der Waals surface area contributed by atoms with Crippen molar-refractivity contribution in [2.24, 2.45) is 0 Å². The molecule has 0 radical (unpaired) electrons. The quantitative estimate of drug-likeness (QED) is 0.557. The van der Waals surface area contributed by atoms with Gasteiger partial charge < -0.3 is 4.74 Å². The zero-order chi connectivity index (χ0) is 22.4. The number of hydrazine groups is 1. The van der Waals surface area contributed by atoms with Crippen molar-refractivity contribution in [3.05, 3.63) is 70.8 Å². The van der Waals surface area contributed by atoms with Crippen molar-refractivity contribution in [1.29, 1.82) is 0 Å². The number of hydrogen-bond donors (Lipinski definition) is 2. The van der Waals surface area contributed by atoms with Gasteiger partial charge in [0.1, 0.15) is 23.4 Å². The van der Waals surface area contributed by atoms with E-state index in [1.54, 1.807) is 19.1 Å². The summed E-state index contributed by atoms with van der Waals surface area (Å²) in [6, 6.07) is 10.6. The van der Waals surface area contributed by atoms with Crippen LogP contribution in [0.2, 0.25) is 0 Å². The minimum absolute atomic E-state index is 0.201. The first kappa shape index (κ1) is 21.9. The predicted molar refractivity (Wildman–Crippen MR) is 109 cm³/mol. The van der Waals surface area contributed by atoms with Crippen LogP contribution in [0.15, 0.2) is 42.5 Å². The fourth-order valence-corrected chi connectivity index (χ4v) is 2.92. The van der Waals surface area contributed by atoms with E-state index < -0.39 is 17.9 Å². The topological polar surface area (TPSA) is 111 Å². The van der Waals surface area contributed by atoms with E-state index >= 15 is 0 Å². The number of ether oxygens (including phenoxy) is 1. The second kappa shape index (κ2) is 9.79. The first-order valence-corrected chi connectivity index (χ1v) is 9.61. The maximum absolute atomic E-state index is 13.2. The lowest BCUT2D eigenvalue weighted by Crippen LogP contribution is -2.47. The standard InChI is InChI=1S/C21H23FN6O3/c1-13-4-5-14(2)19(10-13)31-12-20(29)24-25-21(30)18(28-15(3)23-26-27-28)11-16-6-8-17(22)9-7-16/h4-10,18H,11-12H2,1-3H3,(H,24,29)(H,25,30). The molecule has 10 heteroatoms. The van der Waals surface area contributed by atoms with Gasteiger partial charge in [-0.1, -0.05) is 24.3 Å². The van der Waals surface area contributed by atoms with E-state index in [9.17, 15) is 14.0 Å². The molecule has 1 heterocycles. The van der Waals surface area contributed by atoms with Gasteiger partial charge in [0, 0.05) is 6.42 Å². The number of benzene rings is 2. The highest BCUT2D eigenvalue weighted by Gasteiger charge is 2.25. The van der Waals surface area contributed by atoms with E-state index in [-0.39, 0.29) is 18.8 Å². The Kier molecular flexibility index (Phi) is 6.91. The fraction of sp³-hybridized carbons (Fsp3) is 0.286. The highest BCUT2D eigenvalue weighted by molar-refractivity contribution is 5.85. The molecule has 0 saturated heterocycles. The molecule has 0 spiro atoms. The van der Waals surface area contributed by atoms with Crippen LogP contribution >= 0.6 is 0 Å². The van der Waals surface area contributed by atoms with Gasteiger partial charge in [0.15, 0.2) is 6.61 Å². The number of amides is 2. The summed E-state index contributed by atoms with van der Waals surface area (Å²) in [6.45, 7) is 5.19. The van der Waals surface area contributed by atoms with Gasteiger partial charge in [-0.3, -0.25) is 20.4 Å². The number of halogens is 1. The average molecular weight is 426 g/mol. The van der Waals surface area contributed by atoms with Crippen LogP contribution in [-0.2, 0) is 16.0 Å². The van der Waals surface area contributed by atoms with Crippen LogP contribution in [0.1, 0.15) is 28.6 Å². The predicted octanol–water partition coefficient (Wildman–Crippen LogP) is 1.75. The van der Waals surface area contributed by atoms with Crippen LogP contribution in [0, 0.1) is 26.6 Å². The maximum atomic E-state index is 13.2. The van der Waals surface area contributed by atoms with Crippen molar-refractivity contribution in [3.8, 4) is 5.75 Å². The first-order valence-electron chi connectivity index (χ1n) is 9.61. The van der Waals surface area contributed by atoms with Crippen molar-refractivity contribution in [2.75, 3.05) is 6.61 Å². The Bertz CT molecular complexity index is 1070.